The van der Waals surface area contributed by atoms with Gasteiger partial charge in [-0.25, -0.2) is 4.68 Å². The van der Waals surface area contributed by atoms with E-state index in [4.69, 9.17) is 16.0 Å². The molecule has 0 atom stereocenters. The number of hydrazine groups is 1. The second kappa shape index (κ2) is 7.62. The molecule has 2 heterocycles. The summed E-state index contributed by atoms with van der Waals surface area (Å²) in [6.45, 7) is 1.85. The maximum Gasteiger partial charge on any atom is 0.273 e. The number of aryl methyl sites for hydroxylation is 1. The normalized spacial score (nSPS) is 10.6. The molecular weight excluding hydrogens is 376 g/mol. The molecular formula is C21H17ClN4O2. The number of carbonyl (C=O) groups excluding carboxylic acids is 1. The highest BCUT2D eigenvalue weighted by Gasteiger charge is 2.21. The number of aromatic nitrogens is 2. The minimum Gasteiger partial charge on any atom is -0.460 e. The molecule has 0 saturated carbocycles. The summed E-state index contributed by atoms with van der Waals surface area (Å²) < 4.78 is 7.35. The lowest BCUT2D eigenvalue weighted by molar-refractivity contribution is 0.0963. The molecule has 1 amide bonds. The van der Waals surface area contributed by atoms with Crippen LogP contribution in [-0.4, -0.2) is 15.7 Å². The molecule has 7 heteroatoms. The summed E-state index contributed by atoms with van der Waals surface area (Å²) in [5.41, 5.74) is 7.90. The van der Waals surface area contributed by atoms with E-state index in [1.165, 1.54) is 0 Å². The second-order valence-corrected chi connectivity index (χ2v) is 6.61. The van der Waals surface area contributed by atoms with Gasteiger partial charge < -0.3 is 4.42 Å². The van der Waals surface area contributed by atoms with Gasteiger partial charge in [0.15, 0.2) is 5.76 Å². The van der Waals surface area contributed by atoms with E-state index >= 15 is 0 Å². The molecule has 0 aliphatic rings. The van der Waals surface area contributed by atoms with Crippen LogP contribution in [0.5, 0.6) is 0 Å². The molecule has 0 bridgehead atoms. The number of amides is 1. The molecule has 4 aromatic rings. The van der Waals surface area contributed by atoms with Crippen molar-refractivity contribution in [1.29, 1.82) is 0 Å². The summed E-state index contributed by atoms with van der Waals surface area (Å²) in [6, 6.07) is 20.3. The van der Waals surface area contributed by atoms with Gasteiger partial charge in [-0.1, -0.05) is 35.9 Å². The van der Waals surface area contributed by atoms with E-state index in [1.54, 1.807) is 41.2 Å². The molecule has 0 saturated heterocycles. The fourth-order valence-corrected chi connectivity index (χ4v) is 2.95. The van der Waals surface area contributed by atoms with Crippen molar-refractivity contribution in [1.82, 2.24) is 15.2 Å². The van der Waals surface area contributed by atoms with Crippen molar-refractivity contribution in [3.8, 4) is 17.1 Å². The van der Waals surface area contributed by atoms with Gasteiger partial charge in [0.2, 0.25) is 0 Å². The average Bonchev–Trinajstić information content (AvgIpc) is 3.33. The van der Waals surface area contributed by atoms with Crippen molar-refractivity contribution < 1.29 is 9.21 Å². The number of furan rings is 1. The lowest BCUT2D eigenvalue weighted by atomic mass is 10.2. The fraction of sp³-hybridized carbons (Fsp3) is 0.0476. The minimum atomic E-state index is -0.341. The fourth-order valence-electron chi connectivity index (χ4n) is 2.76. The molecule has 2 aromatic heterocycles. The maximum atomic E-state index is 12.8. The number of benzene rings is 2. The van der Waals surface area contributed by atoms with E-state index in [1.807, 2.05) is 43.3 Å². The number of hydrogen-bond donors (Lipinski definition) is 2. The molecule has 0 aliphatic carbocycles. The first-order chi connectivity index (χ1) is 13.6. The van der Waals surface area contributed by atoms with Crippen molar-refractivity contribution in [3.05, 3.63) is 89.3 Å². The predicted molar refractivity (Wildman–Crippen MR) is 109 cm³/mol. The molecule has 4 rings (SSSR count). The Hall–Kier alpha value is -3.51. The van der Waals surface area contributed by atoms with E-state index in [0.717, 1.165) is 11.4 Å². The number of anilines is 1. The molecule has 140 valence electrons. The van der Waals surface area contributed by atoms with Crippen LogP contribution in [0.15, 0.2) is 77.3 Å². The molecule has 0 fully saturated rings. The van der Waals surface area contributed by atoms with Crippen LogP contribution in [0.1, 0.15) is 16.1 Å². The third kappa shape index (κ3) is 3.77. The van der Waals surface area contributed by atoms with Gasteiger partial charge in [-0.15, -0.1) is 0 Å². The van der Waals surface area contributed by atoms with Gasteiger partial charge >= 0.3 is 0 Å². The smallest absolute Gasteiger partial charge is 0.273 e. The van der Waals surface area contributed by atoms with Gasteiger partial charge in [0.25, 0.3) is 5.91 Å². The Balaban J connectivity index is 1.66. The van der Waals surface area contributed by atoms with E-state index in [2.05, 4.69) is 16.0 Å². The lowest BCUT2D eigenvalue weighted by Crippen LogP contribution is -2.29. The summed E-state index contributed by atoms with van der Waals surface area (Å²) in [7, 11) is 0. The molecule has 0 spiro atoms. The summed E-state index contributed by atoms with van der Waals surface area (Å²) in [6.07, 6.45) is 1.68. The maximum absolute atomic E-state index is 12.8. The highest BCUT2D eigenvalue weighted by molar-refractivity contribution is 6.30. The molecule has 6 nitrogen and oxygen atoms in total. The van der Waals surface area contributed by atoms with Crippen LogP contribution >= 0.6 is 11.6 Å². The quantitative estimate of drug-likeness (QED) is 0.476. The van der Waals surface area contributed by atoms with Crippen molar-refractivity contribution in [3.63, 3.8) is 0 Å². The topological polar surface area (TPSA) is 72.1 Å². The van der Waals surface area contributed by atoms with Crippen LogP contribution in [-0.2, 0) is 0 Å². The monoisotopic (exact) mass is 392 g/mol. The van der Waals surface area contributed by atoms with Crippen LogP contribution in [0.25, 0.3) is 17.1 Å². The third-order valence-electron chi connectivity index (χ3n) is 4.10. The number of para-hydroxylation sites is 1. The Bertz CT molecular complexity index is 1120. The molecule has 0 aliphatic heterocycles. The lowest BCUT2D eigenvalue weighted by Gasteiger charge is -2.08. The van der Waals surface area contributed by atoms with Crippen molar-refractivity contribution in [2.45, 2.75) is 6.92 Å². The van der Waals surface area contributed by atoms with Crippen LogP contribution < -0.4 is 10.9 Å². The van der Waals surface area contributed by atoms with E-state index < -0.39 is 0 Å². The van der Waals surface area contributed by atoms with Crippen LogP contribution in [0.4, 0.5) is 5.69 Å². The Labute approximate surface area is 166 Å². The second-order valence-electron chi connectivity index (χ2n) is 6.17. The summed E-state index contributed by atoms with van der Waals surface area (Å²) in [5, 5.41) is 5.14. The van der Waals surface area contributed by atoms with Gasteiger partial charge in [0.1, 0.15) is 11.5 Å². The van der Waals surface area contributed by atoms with Crippen molar-refractivity contribution in [2.75, 3.05) is 5.43 Å². The first kappa shape index (κ1) is 17.9. The average molecular weight is 393 g/mol. The van der Waals surface area contributed by atoms with Crippen LogP contribution in [0.3, 0.4) is 0 Å². The first-order valence-corrected chi connectivity index (χ1v) is 9.02. The largest absolute Gasteiger partial charge is 0.460 e. The Kier molecular flexibility index (Phi) is 4.87. The number of rotatable bonds is 5. The number of carbonyl (C=O) groups is 1. The molecule has 2 N–H and O–H groups in total. The summed E-state index contributed by atoms with van der Waals surface area (Å²) in [4.78, 5) is 12.8. The Morgan fingerprint density at radius 1 is 1.07 bits per heavy atom. The SMILES string of the molecule is Cc1ccc(-c2nn(-c3ccccc3)cc2C(=O)NNc2cccc(Cl)c2)o1. The summed E-state index contributed by atoms with van der Waals surface area (Å²) in [5.74, 6) is 0.930. The van der Waals surface area contributed by atoms with E-state index in [0.29, 0.717) is 27.7 Å². The van der Waals surface area contributed by atoms with E-state index in [-0.39, 0.29) is 5.91 Å². The zero-order chi connectivity index (χ0) is 19.5. The highest BCUT2D eigenvalue weighted by atomic mass is 35.5. The van der Waals surface area contributed by atoms with Crippen LogP contribution in [0, 0.1) is 6.92 Å². The van der Waals surface area contributed by atoms with E-state index in [9.17, 15) is 4.79 Å². The third-order valence-corrected chi connectivity index (χ3v) is 4.33. The minimum absolute atomic E-state index is 0.341. The number of nitrogens with one attached hydrogen (secondary N) is 2. The molecule has 2 aromatic carbocycles. The Morgan fingerprint density at radius 2 is 1.89 bits per heavy atom. The molecule has 0 unspecified atom stereocenters. The standard InChI is InChI=1S/C21H17ClN4O2/c1-14-10-11-19(28-14)20-18(13-26(25-20)17-8-3-2-4-9-17)21(27)24-23-16-7-5-6-15(22)12-16/h2-13,23H,1H3,(H,24,27). The van der Waals surface area contributed by atoms with Gasteiger partial charge in [-0.2, -0.15) is 5.10 Å². The molecule has 28 heavy (non-hydrogen) atoms. The Morgan fingerprint density at radius 3 is 2.61 bits per heavy atom. The first-order valence-electron chi connectivity index (χ1n) is 8.64. The highest BCUT2D eigenvalue weighted by Crippen LogP contribution is 2.26. The zero-order valence-corrected chi connectivity index (χ0v) is 15.8. The molecule has 0 radical (unpaired) electrons. The van der Waals surface area contributed by atoms with Gasteiger partial charge in [-0.3, -0.25) is 15.6 Å². The van der Waals surface area contributed by atoms with Gasteiger partial charge in [0, 0.05) is 11.2 Å². The number of hydrogen-bond acceptors (Lipinski definition) is 4. The van der Waals surface area contributed by atoms with Gasteiger partial charge in [-0.05, 0) is 49.4 Å². The van der Waals surface area contributed by atoms with Gasteiger partial charge in [0.05, 0.1) is 16.9 Å². The van der Waals surface area contributed by atoms with Crippen molar-refractivity contribution >= 4 is 23.2 Å². The number of halogens is 1. The predicted octanol–water partition coefficient (Wildman–Crippen LogP) is 4.85. The zero-order valence-electron chi connectivity index (χ0n) is 15.0. The van der Waals surface area contributed by atoms with Crippen LogP contribution in [0.2, 0.25) is 5.02 Å². The summed E-state index contributed by atoms with van der Waals surface area (Å²) >= 11 is 5.98. The number of nitrogens with zero attached hydrogens (tertiary/aromatic N) is 2. The van der Waals surface area contributed by atoms with Crippen molar-refractivity contribution in [2.24, 2.45) is 0 Å².